The third kappa shape index (κ3) is 2.33. The van der Waals surface area contributed by atoms with E-state index in [1.807, 2.05) is 0 Å². The highest BCUT2D eigenvalue weighted by Gasteiger charge is 2.20. The lowest BCUT2D eigenvalue weighted by atomic mass is 10.0. The molecule has 0 fully saturated rings. The molecule has 0 radical (unpaired) electrons. The Labute approximate surface area is 84.0 Å². The van der Waals surface area contributed by atoms with Crippen molar-refractivity contribution in [1.82, 2.24) is 4.90 Å². The third-order valence-corrected chi connectivity index (χ3v) is 3.44. The molecule has 0 saturated carbocycles. The average molecular weight is 232 g/mol. The molecule has 12 heavy (non-hydrogen) atoms. The van der Waals surface area contributed by atoms with Gasteiger partial charge in [0.25, 0.3) is 0 Å². The normalized spacial score (nSPS) is 24.3. The molecule has 0 amide bonds. The van der Waals surface area contributed by atoms with Crippen LogP contribution in [-0.2, 0) is 0 Å². The summed E-state index contributed by atoms with van der Waals surface area (Å²) in [6.07, 6.45) is 6.24. The first-order valence-corrected chi connectivity index (χ1v) is 5.68. The van der Waals surface area contributed by atoms with E-state index >= 15 is 0 Å². The molecule has 1 aliphatic carbocycles. The first-order chi connectivity index (χ1) is 5.79. The Morgan fingerprint density at radius 2 is 2.17 bits per heavy atom. The van der Waals surface area contributed by atoms with Crippen LogP contribution in [0.1, 0.15) is 33.1 Å². The van der Waals surface area contributed by atoms with E-state index in [0.29, 0.717) is 6.04 Å². The molecule has 2 heteroatoms. The number of halogens is 1. The fourth-order valence-electron chi connectivity index (χ4n) is 1.85. The number of hydrogen-bond donors (Lipinski definition) is 0. The highest BCUT2D eigenvalue weighted by Crippen LogP contribution is 2.27. The predicted molar refractivity (Wildman–Crippen MR) is 57.6 cm³/mol. The van der Waals surface area contributed by atoms with Gasteiger partial charge in [-0.15, -0.1) is 0 Å². The molecule has 0 aromatic carbocycles. The quantitative estimate of drug-likeness (QED) is 0.722. The summed E-state index contributed by atoms with van der Waals surface area (Å²) in [6, 6.07) is 0.661. The Morgan fingerprint density at radius 3 is 2.67 bits per heavy atom. The molecule has 0 N–H and O–H groups in total. The van der Waals surface area contributed by atoms with Gasteiger partial charge in [0, 0.05) is 10.5 Å². The summed E-state index contributed by atoms with van der Waals surface area (Å²) in [6.45, 7) is 6.78. The second-order valence-corrected chi connectivity index (χ2v) is 4.17. The van der Waals surface area contributed by atoms with E-state index in [1.165, 1.54) is 23.7 Å². The van der Waals surface area contributed by atoms with Gasteiger partial charge in [0.05, 0.1) is 0 Å². The lowest BCUT2D eigenvalue weighted by Gasteiger charge is -2.31. The molecule has 1 atom stereocenters. The fraction of sp³-hybridized carbons (Fsp3) is 0.800. The van der Waals surface area contributed by atoms with Crippen molar-refractivity contribution in [2.75, 3.05) is 13.1 Å². The van der Waals surface area contributed by atoms with Gasteiger partial charge in [-0.2, -0.15) is 0 Å². The van der Waals surface area contributed by atoms with Gasteiger partial charge in [0.2, 0.25) is 0 Å². The molecule has 1 aliphatic rings. The van der Waals surface area contributed by atoms with Crippen molar-refractivity contribution in [3.63, 3.8) is 0 Å². The summed E-state index contributed by atoms with van der Waals surface area (Å²) in [4.78, 5) is 2.51. The summed E-state index contributed by atoms with van der Waals surface area (Å²) < 4.78 is 1.40. The SMILES string of the molecule is CCN(CC)C1CCCC=C1Br. The maximum atomic E-state index is 3.66. The lowest BCUT2D eigenvalue weighted by Crippen LogP contribution is -2.36. The standard InChI is InChI=1S/C10H18BrN/c1-3-12(4-2)10-8-6-5-7-9(10)11/h7,10H,3-6,8H2,1-2H3. The lowest BCUT2D eigenvalue weighted by molar-refractivity contribution is 0.234. The number of allylic oxidation sites excluding steroid dienone is 1. The van der Waals surface area contributed by atoms with Crippen LogP contribution in [0.5, 0.6) is 0 Å². The van der Waals surface area contributed by atoms with Crippen LogP contribution in [0, 0.1) is 0 Å². The number of rotatable bonds is 3. The van der Waals surface area contributed by atoms with Crippen LogP contribution in [-0.4, -0.2) is 24.0 Å². The van der Waals surface area contributed by atoms with E-state index in [-0.39, 0.29) is 0 Å². The minimum atomic E-state index is 0.661. The first kappa shape index (κ1) is 10.3. The number of hydrogen-bond acceptors (Lipinski definition) is 1. The largest absolute Gasteiger partial charge is 0.296 e. The van der Waals surface area contributed by atoms with Crippen LogP contribution in [0.4, 0.5) is 0 Å². The maximum absolute atomic E-state index is 3.66. The molecular weight excluding hydrogens is 214 g/mol. The van der Waals surface area contributed by atoms with Crippen molar-refractivity contribution in [2.45, 2.75) is 39.2 Å². The second-order valence-electron chi connectivity index (χ2n) is 3.26. The summed E-state index contributed by atoms with van der Waals surface area (Å²) in [7, 11) is 0. The van der Waals surface area contributed by atoms with E-state index in [2.05, 4.69) is 40.8 Å². The van der Waals surface area contributed by atoms with Crippen LogP contribution < -0.4 is 0 Å². The van der Waals surface area contributed by atoms with E-state index in [1.54, 1.807) is 0 Å². The van der Waals surface area contributed by atoms with Crippen LogP contribution in [0.2, 0.25) is 0 Å². The van der Waals surface area contributed by atoms with Gasteiger partial charge in [-0.25, -0.2) is 0 Å². The summed E-state index contributed by atoms with van der Waals surface area (Å²) in [5.74, 6) is 0. The van der Waals surface area contributed by atoms with Gasteiger partial charge in [-0.05, 0) is 32.4 Å². The van der Waals surface area contributed by atoms with Crippen molar-refractivity contribution < 1.29 is 0 Å². The molecule has 0 aromatic heterocycles. The molecule has 0 bridgehead atoms. The zero-order valence-corrected chi connectivity index (χ0v) is 9.60. The van der Waals surface area contributed by atoms with Gasteiger partial charge in [-0.1, -0.05) is 35.9 Å². The fourth-order valence-corrected chi connectivity index (χ4v) is 2.59. The minimum absolute atomic E-state index is 0.661. The molecule has 70 valence electrons. The molecule has 1 unspecified atom stereocenters. The maximum Gasteiger partial charge on any atom is 0.0410 e. The van der Waals surface area contributed by atoms with Crippen LogP contribution in [0.15, 0.2) is 10.6 Å². The summed E-state index contributed by atoms with van der Waals surface area (Å²) >= 11 is 3.66. The van der Waals surface area contributed by atoms with Crippen molar-refractivity contribution in [1.29, 1.82) is 0 Å². The Kier molecular flexibility index (Phi) is 4.30. The Balaban J connectivity index is 2.59. The van der Waals surface area contributed by atoms with Crippen molar-refractivity contribution in [3.8, 4) is 0 Å². The third-order valence-electron chi connectivity index (χ3n) is 2.59. The van der Waals surface area contributed by atoms with E-state index < -0.39 is 0 Å². The molecule has 1 rings (SSSR count). The van der Waals surface area contributed by atoms with Crippen LogP contribution in [0.25, 0.3) is 0 Å². The van der Waals surface area contributed by atoms with Crippen LogP contribution in [0.3, 0.4) is 0 Å². The minimum Gasteiger partial charge on any atom is -0.296 e. The molecular formula is C10H18BrN. The average Bonchev–Trinajstić information content (AvgIpc) is 2.10. The summed E-state index contributed by atoms with van der Waals surface area (Å²) in [5, 5.41) is 0. The van der Waals surface area contributed by atoms with E-state index in [9.17, 15) is 0 Å². The van der Waals surface area contributed by atoms with Gasteiger partial charge < -0.3 is 0 Å². The Bertz CT molecular complexity index is 161. The van der Waals surface area contributed by atoms with Crippen molar-refractivity contribution in [3.05, 3.63) is 10.6 Å². The zero-order chi connectivity index (χ0) is 8.97. The first-order valence-electron chi connectivity index (χ1n) is 4.89. The topological polar surface area (TPSA) is 3.24 Å². The van der Waals surface area contributed by atoms with E-state index in [0.717, 1.165) is 13.1 Å². The monoisotopic (exact) mass is 231 g/mol. The van der Waals surface area contributed by atoms with Gasteiger partial charge >= 0.3 is 0 Å². The Morgan fingerprint density at radius 1 is 1.50 bits per heavy atom. The number of nitrogens with zero attached hydrogens (tertiary/aromatic N) is 1. The molecule has 0 aliphatic heterocycles. The van der Waals surface area contributed by atoms with Crippen LogP contribution >= 0.6 is 15.9 Å². The Hall–Kier alpha value is 0.180. The zero-order valence-electron chi connectivity index (χ0n) is 8.02. The smallest absolute Gasteiger partial charge is 0.0410 e. The van der Waals surface area contributed by atoms with Crippen molar-refractivity contribution in [2.24, 2.45) is 0 Å². The number of likely N-dealkylation sites (N-methyl/N-ethyl adjacent to an activating group) is 1. The summed E-state index contributed by atoms with van der Waals surface area (Å²) in [5.41, 5.74) is 0. The highest BCUT2D eigenvalue weighted by atomic mass is 79.9. The van der Waals surface area contributed by atoms with E-state index in [4.69, 9.17) is 0 Å². The molecule has 1 nitrogen and oxygen atoms in total. The van der Waals surface area contributed by atoms with Gasteiger partial charge in [-0.3, -0.25) is 4.90 Å². The van der Waals surface area contributed by atoms with Gasteiger partial charge in [0.1, 0.15) is 0 Å². The predicted octanol–water partition coefficient (Wildman–Crippen LogP) is 3.16. The van der Waals surface area contributed by atoms with Gasteiger partial charge in [0.15, 0.2) is 0 Å². The molecule has 0 saturated heterocycles. The molecule has 0 heterocycles. The molecule has 0 spiro atoms. The molecule has 0 aromatic rings. The highest BCUT2D eigenvalue weighted by molar-refractivity contribution is 9.11. The van der Waals surface area contributed by atoms with Crippen molar-refractivity contribution >= 4 is 15.9 Å². The second kappa shape index (κ2) is 5.03.